The number of aryl methyl sites for hydroxylation is 2. The summed E-state index contributed by atoms with van der Waals surface area (Å²) < 4.78 is 23.7. The normalized spacial score (nSPS) is 18.3. The summed E-state index contributed by atoms with van der Waals surface area (Å²) in [5.74, 6) is 4.56. The van der Waals surface area contributed by atoms with Crippen LogP contribution in [-0.4, -0.2) is 137 Å². The van der Waals surface area contributed by atoms with Crippen LogP contribution in [0.25, 0.3) is 0 Å². The lowest BCUT2D eigenvalue weighted by atomic mass is 10.0. The molecule has 0 aliphatic carbocycles. The van der Waals surface area contributed by atoms with Crippen molar-refractivity contribution in [3.8, 4) is 23.3 Å². The minimum absolute atomic E-state index is 0.210. The fourth-order valence-corrected chi connectivity index (χ4v) is 9.54. The maximum atomic E-state index is 11.7. The average Bonchev–Trinajstić information content (AvgIpc) is 3.67. The summed E-state index contributed by atoms with van der Waals surface area (Å²) in [5, 5.41) is 11.1. The maximum Gasteiger partial charge on any atom is 0.320 e. The van der Waals surface area contributed by atoms with Gasteiger partial charge in [0.15, 0.2) is 0 Å². The van der Waals surface area contributed by atoms with E-state index in [9.17, 15) is 9.59 Å². The van der Waals surface area contributed by atoms with E-state index in [0.717, 1.165) is 165 Å². The number of unbranched alkanes of at least 4 members (excludes halogenated alkanes) is 2. The van der Waals surface area contributed by atoms with Gasteiger partial charge in [0.1, 0.15) is 23.1 Å². The Bertz CT molecular complexity index is 2110. The van der Waals surface area contributed by atoms with E-state index < -0.39 is 0 Å². The number of urea groups is 2. The molecule has 8 heterocycles. The number of hydrogen-bond acceptors (Lipinski definition) is 12. The van der Waals surface area contributed by atoms with Gasteiger partial charge in [-0.2, -0.15) is 9.97 Å². The Hall–Kier alpha value is -6.00. The third-order valence-corrected chi connectivity index (χ3v) is 13.2. The van der Waals surface area contributed by atoms with E-state index in [1.807, 2.05) is 24.3 Å². The molecule has 2 saturated heterocycles. The molecule has 6 aliphatic rings. The van der Waals surface area contributed by atoms with Crippen LogP contribution in [0.5, 0.6) is 23.3 Å². The van der Waals surface area contributed by atoms with Crippen molar-refractivity contribution in [2.24, 2.45) is 0 Å². The van der Waals surface area contributed by atoms with Crippen LogP contribution in [0.3, 0.4) is 0 Å². The van der Waals surface area contributed by atoms with Crippen molar-refractivity contribution in [3.63, 3.8) is 0 Å². The summed E-state index contributed by atoms with van der Waals surface area (Å²) in [6.45, 7) is 14.8. The van der Waals surface area contributed by atoms with Crippen molar-refractivity contribution in [2.45, 2.75) is 64.2 Å². The molecule has 16 nitrogen and oxygen atoms in total. The molecule has 4 aromatic rings. The zero-order valence-corrected chi connectivity index (χ0v) is 38.3. The summed E-state index contributed by atoms with van der Waals surface area (Å²) in [5.41, 5.74) is 7.29. The second-order valence-corrected chi connectivity index (χ2v) is 17.8. The molecule has 0 saturated carbocycles. The van der Waals surface area contributed by atoms with E-state index in [-0.39, 0.29) is 12.1 Å². The average molecular weight is 903 g/mol. The van der Waals surface area contributed by atoms with Crippen molar-refractivity contribution >= 4 is 35.1 Å². The first-order valence-electron chi connectivity index (χ1n) is 24.3. The number of piperazine rings is 2. The van der Waals surface area contributed by atoms with E-state index in [1.54, 1.807) is 0 Å². The molecule has 0 spiro atoms. The first-order chi connectivity index (χ1) is 32.5. The Balaban J connectivity index is 0.000000166. The van der Waals surface area contributed by atoms with Gasteiger partial charge in [0.2, 0.25) is 11.8 Å². The van der Waals surface area contributed by atoms with E-state index in [1.165, 1.54) is 22.5 Å². The van der Waals surface area contributed by atoms with Gasteiger partial charge in [0.05, 0.1) is 37.8 Å². The molecule has 0 radical (unpaired) electrons. The van der Waals surface area contributed by atoms with Gasteiger partial charge < -0.3 is 39.4 Å². The molecule has 0 unspecified atom stereocenters. The van der Waals surface area contributed by atoms with Crippen LogP contribution in [0.1, 0.15) is 60.8 Å². The molecule has 10 rings (SSSR count). The fourth-order valence-electron chi connectivity index (χ4n) is 9.54. The largest absolute Gasteiger partial charge is 0.491 e. The SMILES string of the molecule is O=C1NCCc2ccc(OCCCCN3CCN(c4cccc5c4OCCC5)CC3)nc2N1.O=C1NCCc2ccc(OCCCCN3CCN(c4cccc5c4OCCC5)CC3)nc2N1. The standard InChI is InChI=1S/2C25H33N5O3/c2*31-25-26-11-10-20-8-9-22(27-24(20)28-25)32-17-2-1-12-29-13-15-30(16-14-29)21-7-3-5-19-6-4-18-33-23(19)21/h2*3,5,7-9H,1-2,4,6,10-18H2,(H2,26,27,28,31). The van der Waals surface area contributed by atoms with Crippen molar-refractivity contribution in [1.29, 1.82) is 0 Å². The number of carbonyl (C=O) groups is 2. The summed E-state index contributed by atoms with van der Waals surface area (Å²) in [6.07, 6.45) is 10.2. The maximum absolute atomic E-state index is 11.7. The summed E-state index contributed by atoms with van der Waals surface area (Å²) in [7, 11) is 0. The van der Waals surface area contributed by atoms with E-state index in [0.29, 0.717) is 49.7 Å². The van der Waals surface area contributed by atoms with Crippen LogP contribution < -0.4 is 50.0 Å². The smallest absolute Gasteiger partial charge is 0.320 e. The number of amides is 4. The number of rotatable bonds is 14. The van der Waals surface area contributed by atoms with Gasteiger partial charge in [-0.25, -0.2) is 9.59 Å². The highest BCUT2D eigenvalue weighted by molar-refractivity contribution is 5.90. The predicted molar refractivity (Wildman–Crippen MR) is 257 cm³/mol. The molecule has 0 bridgehead atoms. The Morgan fingerprint density at radius 3 is 1.42 bits per heavy atom. The molecular formula is C50H66N10O6. The molecule has 66 heavy (non-hydrogen) atoms. The summed E-state index contributed by atoms with van der Waals surface area (Å²) >= 11 is 0. The van der Waals surface area contributed by atoms with Crippen LogP contribution in [0.15, 0.2) is 60.7 Å². The highest BCUT2D eigenvalue weighted by Crippen LogP contribution is 2.37. The number of hydrogen-bond donors (Lipinski definition) is 4. The Labute approximate surface area is 388 Å². The molecule has 6 aliphatic heterocycles. The number of ether oxygens (including phenoxy) is 4. The molecular weight excluding hydrogens is 837 g/mol. The van der Waals surface area contributed by atoms with Gasteiger partial charge in [0.25, 0.3) is 0 Å². The van der Waals surface area contributed by atoms with Crippen LogP contribution in [0, 0.1) is 0 Å². The van der Waals surface area contributed by atoms with Gasteiger partial charge >= 0.3 is 12.1 Å². The van der Waals surface area contributed by atoms with Crippen molar-refractivity contribution in [1.82, 2.24) is 30.4 Å². The second kappa shape index (κ2) is 22.5. The minimum Gasteiger partial charge on any atom is -0.491 e. The van der Waals surface area contributed by atoms with Crippen LogP contribution >= 0.6 is 0 Å². The van der Waals surface area contributed by atoms with Gasteiger partial charge in [0, 0.05) is 77.6 Å². The first kappa shape index (κ1) is 45.2. The Kier molecular flexibility index (Phi) is 15.4. The number of nitrogens with zero attached hydrogens (tertiary/aromatic N) is 6. The zero-order valence-electron chi connectivity index (χ0n) is 38.3. The first-order valence-corrected chi connectivity index (χ1v) is 24.3. The number of aromatic nitrogens is 2. The van der Waals surface area contributed by atoms with E-state index >= 15 is 0 Å². The number of fused-ring (bicyclic) bond motifs is 4. The number of pyridine rings is 2. The lowest BCUT2D eigenvalue weighted by molar-refractivity contribution is 0.235. The number of carbonyl (C=O) groups excluding carboxylic acids is 2. The highest BCUT2D eigenvalue weighted by Gasteiger charge is 2.25. The lowest BCUT2D eigenvalue weighted by Crippen LogP contribution is -2.46. The number of para-hydroxylation sites is 2. The number of nitrogens with one attached hydrogen (secondary N) is 4. The quantitative estimate of drug-likeness (QED) is 0.108. The molecule has 352 valence electrons. The zero-order chi connectivity index (χ0) is 44.9. The molecule has 4 amide bonds. The lowest BCUT2D eigenvalue weighted by Gasteiger charge is -2.37. The molecule has 0 atom stereocenters. The summed E-state index contributed by atoms with van der Waals surface area (Å²) in [4.78, 5) is 42.2. The van der Waals surface area contributed by atoms with Crippen LogP contribution in [0.2, 0.25) is 0 Å². The highest BCUT2D eigenvalue weighted by atomic mass is 16.5. The van der Waals surface area contributed by atoms with Crippen molar-refractivity contribution in [2.75, 3.05) is 125 Å². The molecule has 2 aromatic carbocycles. The predicted octanol–water partition coefficient (Wildman–Crippen LogP) is 6.13. The van der Waals surface area contributed by atoms with Gasteiger partial charge in [-0.15, -0.1) is 0 Å². The third kappa shape index (κ3) is 11.9. The Morgan fingerprint density at radius 1 is 0.515 bits per heavy atom. The van der Waals surface area contributed by atoms with Gasteiger partial charge in [-0.1, -0.05) is 24.3 Å². The molecule has 2 aromatic heterocycles. The Morgan fingerprint density at radius 2 is 0.970 bits per heavy atom. The van der Waals surface area contributed by atoms with E-state index in [2.05, 4.69) is 87.2 Å². The monoisotopic (exact) mass is 903 g/mol. The van der Waals surface area contributed by atoms with Crippen LogP contribution in [-0.2, 0) is 25.7 Å². The third-order valence-electron chi connectivity index (χ3n) is 13.2. The van der Waals surface area contributed by atoms with Crippen molar-refractivity contribution < 1.29 is 28.5 Å². The fraction of sp³-hybridized carbons (Fsp3) is 0.520. The second-order valence-electron chi connectivity index (χ2n) is 17.8. The molecule has 16 heteroatoms. The number of anilines is 4. The summed E-state index contributed by atoms with van der Waals surface area (Å²) in [6, 6.07) is 20.5. The molecule has 2 fully saturated rings. The number of benzene rings is 2. The van der Waals surface area contributed by atoms with E-state index in [4.69, 9.17) is 18.9 Å². The van der Waals surface area contributed by atoms with Gasteiger partial charge in [-0.3, -0.25) is 20.4 Å². The van der Waals surface area contributed by atoms with Crippen LogP contribution in [0.4, 0.5) is 32.6 Å². The van der Waals surface area contributed by atoms with Gasteiger partial charge in [-0.05, 0) is 124 Å². The minimum atomic E-state index is -0.210. The van der Waals surface area contributed by atoms with Crippen molar-refractivity contribution in [3.05, 3.63) is 82.9 Å². The topological polar surface area (TPSA) is 158 Å². The molecule has 4 N–H and O–H groups in total.